The lowest BCUT2D eigenvalue weighted by molar-refractivity contribution is -0.112. The van der Waals surface area contributed by atoms with E-state index in [0.29, 0.717) is 10.7 Å². The van der Waals surface area contributed by atoms with Crippen molar-refractivity contribution in [3.63, 3.8) is 0 Å². The molecule has 1 rings (SSSR count). The quantitative estimate of drug-likeness (QED) is 0.516. The normalized spacial score (nSPS) is 11.0. The van der Waals surface area contributed by atoms with Gasteiger partial charge in [0.15, 0.2) is 0 Å². The van der Waals surface area contributed by atoms with Crippen molar-refractivity contribution in [1.82, 2.24) is 4.90 Å². The van der Waals surface area contributed by atoms with Gasteiger partial charge in [0, 0.05) is 24.3 Å². The predicted octanol–water partition coefficient (Wildman–Crippen LogP) is 1.63. The van der Waals surface area contributed by atoms with Crippen LogP contribution in [0.2, 0.25) is 10.0 Å². The molecule has 0 saturated carbocycles. The SMILES string of the molecule is N#C/C(=C/N(CCO)CCO)C(=O)Nc1ccc(Cl)cc1Cl. The van der Waals surface area contributed by atoms with E-state index >= 15 is 0 Å². The molecule has 0 radical (unpaired) electrons. The van der Waals surface area contributed by atoms with Crippen LogP contribution in [0.15, 0.2) is 30.0 Å². The number of nitriles is 1. The Hall–Kier alpha value is -1.78. The Kier molecular flexibility index (Phi) is 7.71. The molecule has 0 aliphatic heterocycles. The molecule has 0 spiro atoms. The number of nitrogens with one attached hydrogen (secondary N) is 1. The van der Waals surface area contributed by atoms with E-state index in [4.69, 9.17) is 38.7 Å². The average molecular weight is 344 g/mol. The molecule has 118 valence electrons. The number of aliphatic hydroxyl groups is 2. The summed E-state index contributed by atoms with van der Waals surface area (Å²) in [6, 6.07) is 6.33. The molecular formula is C14H15Cl2N3O3. The second-order valence-corrected chi connectivity index (χ2v) is 5.06. The van der Waals surface area contributed by atoms with Gasteiger partial charge < -0.3 is 20.4 Å². The summed E-state index contributed by atoms with van der Waals surface area (Å²) in [6.07, 6.45) is 1.28. The Labute approximate surface area is 138 Å². The lowest BCUT2D eigenvalue weighted by atomic mass is 10.2. The number of rotatable bonds is 7. The van der Waals surface area contributed by atoms with Gasteiger partial charge in [0.1, 0.15) is 11.6 Å². The second-order valence-electron chi connectivity index (χ2n) is 4.22. The highest BCUT2D eigenvalue weighted by atomic mass is 35.5. The van der Waals surface area contributed by atoms with Gasteiger partial charge in [-0.1, -0.05) is 23.2 Å². The van der Waals surface area contributed by atoms with Crippen LogP contribution in [-0.4, -0.2) is 47.3 Å². The molecule has 3 N–H and O–H groups in total. The molecule has 0 bridgehead atoms. The van der Waals surface area contributed by atoms with Crippen LogP contribution < -0.4 is 5.32 Å². The van der Waals surface area contributed by atoms with Crippen molar-refractivity contribution in [2.24, 2.45) is 0 Å². The molecule has 1 aromatic carbocycles. The van der Waals surface area contributed by atoms with Gasteiger partial charge >= 0.3 is 0 Å². The third-order valence-corrected chi connectivity index (χ3v) is 3.18. The first-order valence-electron chi connectivity index (χ1n) is 6.36. The standard InChI is InChI=1S/C14H15Cl2N3O3/c15-11-1-2-13(12(16)7-11)18-14(22)10(8-17)9-19(3-5-20)4-6-21/h1-2,7,9,20-21H,3-6H2,(H,18,22)/b10-9-. The lowest BCUT2D eigenvalue weighted by Gasteiger charge is -2.18. The topological polar surface area (TPSA) is 96.6 Å². The van der Waals surface area contributed by atoms with Gasteiger partial charge in [-0.3, -0.25) is 4.79 Å². The van der Waals surface area contributed by atoms with Crippen LogP contribution >= 0.6 is 23.2 Å². The van der Waals surface area contributed by atoms with Crippen molar-refractivity contribution < 1.29 is 15.0 Å². The number of halogens is 2. The highest BCUT2D eigenvalue weighted by molar-refractivity contribution is 6.36. The number of carbonyl (C=O) groups is 1. The van der Waals surface area contributed by atoms with Gasteiger partial charge in [0.25, 0.3) is 5.91 Å². The molecule has 22 heavy (non-hydrogen) atoms. The van der Waals surface area contributed by atoms with Crippen LogP contribution in [0.1, 0.15) is 0 Å². The number of anilines is 1. The summed E-state index contributed by atoms with van der Waals surface area (Å²) in [6.45, 7) is 0.0567. The molecule has 0 atom stereocenters. The molecule has 8 heteroatoms. The monoisotopic (exact) mass is 343 g/mol. The van der Waals surface area contributed by atoms with Crippen molar-refractivity contribution in [3.8, 4) is 6.07 Å². The van der Waals surface area contributed by atoms with Gasteiger partial charge in [-0.05, 0) is 18.2 Å². The molecule has 0 saturated heterocycles. The smallest absolute Gasteiger partial charge is 0.267 e. The van der Waals surface area contributed by atoms with E-state index in [2.05, 4.69) is 5.32 Å². The molecule has 0 heterocycles. The number of nitrogens with zero attached hydrogens (tertiary/aromatic N) is 2. The minimum absolute atomic E-state index is 0.167. The van der Waals surface area contributed by atoms with Crippen molar-refractivity contribution in [1.29, 1.82) is 5.26 Å². The zero-order valence-electron chi connectivity index (χ0n) is 11.6. The maximum Gasteiger partial charge on any atom is 0.267 e. The van der Waals surface area contributed by atoms with Crippen molar-refractivity contribution in [3.05, 3.63) is 40.0 Å². The molecule has 1 aromatic rings. The van der Waals surface area contributed by atoms with E-state index in [9.17, 15) is 4.79 Å². The van der Waals surface area contributed by atoms with E-state index in [0.717, 1.165) is 0 Å². The minimum atomic E-state index is -0.646. The van der Waals surface area contributed by atoms with Crippen LogP contribution in [-0.2, 0) is 4.79 Å². The van der Waals surface area contributed by atoms with E-state index < -0.39 is 5.91 Å². The Balaban J connectivity index is 2.89. The summed E-state index contributed by atoms with van der Waals surface area (Å²) in [5.41, 5.74) is 0.154. The molecule has 0 aliphatic rings. The van der Waals surface area contributed by atoms with Gasteiger partial charge in [0.2, 0.25) is 0 Å². The van der Waals surface area contributed by atoms with Crippen LogP contribution in [0.4, 0.5) is 5.69 Å². The van der Waals surface area contributed by atoms with Crippen molar-refractivity contribution in [2.75, 3.05) is 31.6 Å². The first kappa shape index (κ1) is 18.3. The Bertz CT molecular complexity index is 593. The van der Waals surface area contributed by atoms with Gasteiger partial charge in [-0.25, -0.2) is 0 Å². The Morgan fingerprint density at radius 1 is 1.32 bits per heavy atom. The first-order valence-corrected chi connectivity index (χ1v) is 7.11. The Morgan fingerprint density at radius 2 is 1.95 bits per heavy atom. The zero-order chi connectivity index (χ0) is 16.5. The third kappa shape index (κ3) is 5.54. The van der Waals surface area contributed by atoms with Crippen molar-refractivity contribution in [2.45, 2.75) is 0 Å². The summed E-state index contributed by atoms with van der Waals surface area (Å²) in [7, 11) is 0. The van der Waals surface area contributed by atoms with Gasteiger partial charge in [-0.2, -0.15) is 5.26 Å². The number of hydrogen-bond acceptors (Lipinski definition) is 5. The van der Waals surface area contributed by atoms with Gasteiger partial charge in [0.05, 0.1) is 23.9 Å². The first-order chi connectivity index (χ1) is 10.5. The largest absolute Gasteiger partial charge is 0.395 e. The number of carbonyl (C=O) groups excluding carboxylic acids is 1. The Morgan fingerprint density at radius 3 is 2.45 bits per heavy atom. The lowest BCUT2D eigenvalue weighted by Crippen LogP contribution is -2.26. The summed E-state index contributed by atoms with van der Waals surface area (Å²) >= 11 is 11.7. The summed E-state index contributed by atoms with van der Waals surface area (Å²) < 4.78 is 0. The molecule has 0 fully saturated rings. The number of hydrogen-bond donors (Lipinski definition) is 3. The number of amides is 1. The fourth-order valence-corrected chi connectivity index (χ4v) is 2.05. The zero-order valence-corrected chi connectivity index (χ0v) is 13.1. The fraction of sp³-hybridized carbons (Fsp3) is 0.286. The maximum atomic E-state index is 12.1. The predicted molar refractivity (Wildman–Crippen MR) is 84.5 cm³/mol. The van der Waals surface area contributed by atoms with Crippen LogP contribution in [0.3, 0.4) is 0 Å². The number of benzene rings is 1. The van der Waals surface area contributed by atoms with E-state index in [-0.39, 0.29) is 36.9 Å². The highest BCUT2D eigenvalue weighted by Crippen LogP contribution is 2.25. The molecular weight excluding hydrogens is 329 g/mol. The summed E-state index contributed by atoms with van der Waals surface area (Å²) in [5, 5.41) is 30.1. The molecule has 1 amide bonds. The molecule has 0 aromatic heterocycles. The van der Waals surface area contributed by atoms with E-state index in [1.165, 1.54) is 23.2 Å². The third-order valence-electron chi connectivity index (χ3n) is 2.63. The van der Waals surface area contributed by atoms with Crippen LogP contribution in [0.25, 0.3) is 0 Å². The highest BCUT2D eigenvalue weighted by Gasteiger charge is 2.13. The van der Waals surface area contributed by atoms with Crippen LogP contribution in [0, 0.1) is 11.3 Å². The molecule has 0 unspecified atom stereocenters. The number of aliphatic hydroxyl groups excluding tert-OH is 2. The molecule has 6 nitrogen and oxygen atoms in total. The summed E-state index contributed by atoms with van der Waals surface area (Å²) in [4.78, 5) is 13.6. The second kappa shape index (κ2) is 9.28. The maximum absolute atomic E-state index is 12.1. The average Bonchev–Trinajstić information content (AvgIpc) is 2.47. The summed E-state index contributed by atoms with van der Waals surface area (Å²) in [5.74, 6) is -0.646. The fourth-order valence-electron chi connectivity index (χ4n) is 1.60. The van der Waals surface area contributed by atoms with E-state index in [1.807, 2.05) is 0 Å². The van der Waals surface area contributed by atoms with Crippen LogP contribution in [0.5, 0.6) is 0 Å². The van der Waals surface area contributed by atoms with Gasteiger partial charge in [-0.15, -0.1) is 0 Å². The minimum Gasteiger partial charge on any atom is -0.395 e. The van der Waals surface area contributed by atoms with Crippen molar-refractivity contribution >= 4 is 34.8 Å². The van der Waals surface area contributed by atoms with E-state index in [1.54, 1.807) is 12.1 Å². The molecule has 0 aliphatic carbocycles.